The van der Waals surface area contributed by atoms with Crippen LogP contribution in [0.15, 0.2) is 48.5 Å². The summed E-state index contributed by atoms with van der Waals surface area (Å²) in [6, 6.07) is 15.0. The van der Waals surface area contributed by atoms with Crippen LogP contribution < -0.4 is 0 Å². The molecule has 2 saturated heterocycles. The molecule has 1 atom stereocenters. The topological polar surface area (TPSA) is 60.9 Å². The van der Waals surface area contributed by atoms with Crippen molar-refractivity contribution in [3.63, 3.8) is 0 Å². The summed E-state index contributed by atoms with van der Waals surface area (Å²) in [5.41, 5.74) is 2.43. The van der Waals surface area contributed by atoms with Crippen molar-refractivity contribution in [2.24, 2.45) is 0 Å². The molecule has 1 unspecified atom stereocenters. The first-order valence-corrected chi connectivity index (χ1v) is 11.9. The van der Waals surface area contributed by atoms with Crippen LogP contribution >= 0.6 is 0 Å². The Bertz CT molecular complexity index is 1100. The molecule has 6 heteroatoms. The molecule has 172 valence electrons. The Morgan fingerprint density at radius 2 is 1.58 bits per heavy atom. The molecule has 3 aliphatic rings. The zero-order valence-electron chi connectivity index (χ0n) is 19.6. The fourth-order valence-corrected chi connectivity index (χ4v) is 5.91. The number of hydrogen-bond acceptors (Lipinski definition) is 3. The van der Waals surface area contributed by atoms with Gasteiger partial charge in [0.2, 0.25) is 5.91 Å². The average Bonchev–Trinajstić information content (AvgIpc) is 3.31. The minimum Gasteiger partial charge on any atom is -0.342 e. The van der Waals surface area contributed by atoms with Crippen LogP contribution in [0.25, 0.3) is 0 Å². The lowest BCUT2D eigenvalue weighted by Gasteiger charge is -2.62. The second kappa shape index (κ2) is 8.01. The Morgan fingerprint density at radius 3 is 2.21 bits per heavy atom. The lowest BCUT2D eigenvalue weighted by atomic mass is 9.67. The lowest BCUT2D eigenvalue weighted by molar-refractivity contribution is -0.141. The molecular formula is C27H31N3O3. The van der Waals surface area contributed by atoms with Gasteiger partial charge in [0, 0.05) is 43.3 Å². The van der Waals surface area contributed by atoms with E-state index < -0.39 is 11.5 Å². The fourth-order valence-electron chi connectivity index (χ4n) is 5.91. The van der Waals surface area contributed by atoms with Crippen molar-refractivity contribution in [3.8, 4) is 0 Å². The Kier molecular flexibility index (Phi) is 5.26. The quantitative estimate of drug-likeness (QED) is 0.727. The van der Waals surface area contributed by atoms with E-state index in [1.54, 1.807) is 4.90 Å². The molecule has 2 fully saturated rings. The van der Waals surface area contributed by atoms with Crippen LogP contribution in [-0.2, 0) is 4.79 Å². The highest BCUT2D eigenvalue weighted by Gasteiger charge is 2.62. The monoisotopic (exact) mass is 445 g/mol. The molecule has 2 aromatic carbocycles. The van der Waals surface area contributed by atoms with Crippen molar-refractivity contribution < 1.29 is 14.4 Å². The van der Waals surface area contributed by atoms with Crippen molar-refractivity contribution in [1.82, 2.24) is 14.7 Å². The summed E-state index contributed by atoms with van der Waals surface area (Å²) in [7, 11) is 0. The standard InChI is InChI=1S/C27H31N3O3/c1-18(2)30-25(32)22-9-5-4-8-21(22)23(26(33)28-14-6-7-15-28)27(30)16-29(17-27)24(31)20-12-10-19(3)11-13-20/h4-5,8-13,18,23H,6-7,14-17H2,1-3H3. The number of aryl methyl sites for hydroxylation is 1. The van der Waals surface area contributed by atoms with Gasteiger partial charge < -0.3 is 14.7 Å². The van der Waals surface area contributed by atoms with Crippen LogP contribution in [0.3, 0.4) is 0 Å². The van der Waals surface area contributed by atoms with Gasteiger partial charge in [-0.25, -0.2) is 0 Å². The minimum atomic E-state index is -0.723. The summed E-state index contributed by atoms with van der Waals surface area (Å²) >= 11 is 0. The Labute approximate surface area is 195 Å². The van der Waals surface area contributed by atoms with Crippen LogP contribution in [0.4, 0.5) is 0 Å². The highest BCUT2D eigenvalue weighted by Crippen LogP contribution is 2.48. The number of rotatable bonds is 3. The highest BCUT2D eigenvalue weighted by atomic mass is 16.2. The number of carbonyl (C=O) groups is 3. The highest BCUT2D eigenvalue weighted by molar-refractivity contribution is 6.03. The van der Waals surface area contributed by atoms with Gasteiger partial charge in [-0.15, -0.1) is 0 Å². The van der Waals surface area contributed by atoms with E-state index in [2.05, 4.69) is 0 Å². The molecule has 5 rings (SSSR count). The van der Waals surface area contributed by atoms with E-state index in [1.807, 2.05) is 79.1 Å². The Hall–Kier alpha value is -3.15. The van der Waals surface area contributed by atoms with Gasteiger partial charge in [0.1, 0.15) is 0 Å². The predicted octanol–water partition coefficient (Wildman–Crippen LogP) is 3.46. The molecule has 3 aliphatic heterocycles. The molecule has 0 N–H and O–H groups in total. The molecule has 0 aromatic heterocycles. The lowest BCUT2D eigenvalue weighted by Crippen LogP contribution is -2.78. The van der Waals surface area contributed by atoms with Crippen molar-refractivity contribution in [2.45, 2.75) is 51.1 Å². The number of hydrogen-bond donors (Lipinski definition) is 0. The van der Waals surface area contributed by atoms with Crippen LogP contribution in [-0.4, -0.2) is 70.2 Å². The van der Waals surface area contributed by atoms with Gasteiger partial charge in [-0.3, -0.25) is 14.4 Å². The SMILES string of the molecule is Cc1ccc(C(=O)N2CC3(C2)C(C(=O)N2CCCC2)c2ccccc2C(=O)N3C(C)C)cc1. The molecule has 0 radical (unpaired) electrons. The van der Waals surface area contributed by atoms with Crippen molar-refractivity contribution in [1.29, 1.82) is 0 Å². The fraction of sp³-hybridized carbons (Fsp3) is 0.444. The summed E-state index contributed by atoms with van der Waals surface area (Å²) in [5, 5.41) is 0. The van der Waals surface area contributed by atoms with E-state index in [-0.39, 0.29) is 23.8 Å². The third-order valence-electron chi connectivity index (χ3n) is 7.43. The summed E-state index contributed by atoms with van der Waals surface area (Å²) in [4.78, 5) is 46.4. The van der Waals surface area contributed by atoms with Gasteiger partial charge in [-0.05, 0) is 57.4 Å². The number of amides is 3. The van der Waals surface area contributed by atoms with E-state index in [0.717, 1.165) is 37.1 Å². The zero-order valence-corrected chi connectivity index (χ0v) is 19.6. The first-order chi connectivity index (χ1) is 15.8. The molecule has 1 spiro atoms. The smallest absolute Gasteiger partial charge is 0.255 e. The Balaban J connectivity index is 1.55. The maximum atomic E-state index is 13.9. The van der Waals surface area contributed by atoms with Crippen molar-refractivity contribution >= 4 is 17.7 Å². The van der Waals surface area contributed by atoms with Gasteiger partial charge in [0.15, 0.2) is 0 Å². The van der Waals surface area contributed by atoms with E-state index >= 15 is 0 Å². The average molecular weight is 446 g/mol. The molecule has 2 aromatic rings. The first kappa shape index (κ1) is 21.7. The van der Waals surface area contributed by atoms with E-state index in [0.29, 0.717) is 24.2 Å². The predicted molar refractivity (Wildman–Crippen MR) is 126 cm³/mol. The number of likely N-dealkylation sites (tertiary alicyclic amines) is 2. The number of carbonyl (C=O) groups excluding carboxylic acids is 3. The second-order valence-electron chi connectivity index (χ2n) is 9.95. The summed E-state index contributed by atoms with van der Waals surface area (Å²) in [5.74, 6) is -0.481. The third-order valence-corrected chi connectivity index (χ3v) is 7.43. The number of fused-ring (bicyclic) bond motifs is 1. The van der Waals surface area contributed by atoms with Crippen LogP contribution in [0, 0.1) is 6.92 Å². The zero-order chi connectivity index (χ0) is 23.3. The Morgan fingerprint density at radius 1 is 0.939 bits per heavy atom. The molecule has 6 nitrogen and oxygen atoms in total. The summed E-state index contributed by atoms with van der Waals surface area (Å²) in [6.07, 6.45) is 2.02. The molecular weight excluding hydrogens is 414 g/mol. The molecule has 0 saturated carbocycles. The van der Waals surface area contributed by atoms with Crippen LogP contribution in [0.2, 0.25) is 0 Å². The first-order valence-electron chi connectivity index (χ1n) is 11.9. The molecule has 3 amide bonds. The van der Waals surface area contributed by atoms with Gasteiger partial charge in [0.05, 0.1) is 11.5 Å². The van der Waals surface area contributed by atoms with Crippen LogP contribution in [0.5, 0.6) is 0 Å². The maximum absolute atomic E-state index is 13.9. The van der Waals surface area contributed by atoms with Gasteiger partial charge in [0.25, 0.3) is 11.8 Å². The normalized spacial score (nSPS) is 21.4. The van der Waals surface area contributed by atoms with Crippen LogP contribution in [0.1, 0.15) is 64.4 Å². The summed E-state index contributed by atoms with van der Waals surface area (Å²) < 4.78 is 0. The molecule has 33 heavy (non-hydrogen) atoms. The van der Waals surface area contributed by atoms with E-state index in [9.17, 15) is 14.4 Å². The number of nitrogens with zero attached hydrogens (tertiary/aromatic N) is 3. The molecule has 0 bridgehead atoms. The molecule has 0 aliphatic carbocycles. The second-order valence-corrected chi connectivity index (χ2v) is 9.95. The van der Waals surface area contributed by atoms with Gasteiger partial charge >= 0.3 is 0 Å². The summed E-state index contributed by atoms with van der Waals surface area (Å²) in [6.45, 7) is 8.23. The number of benzene rings is 2. The largest absolute Gasteiger partial charge is 0.342 e. The van der Waals surface area contributed by atoms with E-state index in [1.165, 1.54) is 0 Å². The van der Waals surface area contributed by atoms with E-state index in [4.69, 9.17) is 0 Å². The molecule has 3 heterocycles. The van der Waals surface area contributed by atoms with Crippen molar-refractivity contribution in [2.75, 3.05) is 26.2 Å². The maximum Gasteiger partial charge on any atom is 0.255 e. The van der Waals surface area contributed by atoms with Gasteiger partial charge in [-0.1, -0.05) is 35.9 Å². The minimum absolute atomic E-state index is 0.0477. The van der Waals surface area contributed by atoms with Gasteiger partial charge in [-0.2, -0.15) is 0 Å². The van der Waals surface area contributed by atoms with Crippen molar-refractivity contribution in [3.05, 3.63) is 70.8 Å². The third kappa shape index (κ3) is 3.35.